The summed E-state index contributed by atoms with van der Waals surface area (Å²) in [6.07, 6.45) is -0.318. The zero-order valence-electron chi connectivity index (χ0n) is 15.5. The predicted octanol–water partition coefficient (Wildman–Crippen LogP) is 4.10. The Bertz CT molecular complexity index is 946. The highest BCUT2D eigenvalue weighted by molar-refractivity contribution is 6.42. The molecule has 152 valence electrons. The average Bonchev–Trinajstić information content (AvgIpc) is 2.68. The van der Waals surface area contributed by atoms with Crippen molar-refractivity contribution in [3.05, 3.63) is 58.1 Å². The van der Waals surface area contributed by atoms with Gasteiger partial charge in [-0.05, 0) is 37.3 Å². The average molecular weight is 437 g/mol. The van der Waals surface area contributed by atoms with Crippen molar-refractivity contribution >= 4 is 58.1 Å². The third-order valence-electron chi connectivity index (χ3n) is 3.68. The summed E-state index contributed by atoms with van der Waals surface area (Å²) in [5, 5.41) is 5.77. The van der Waals surface area contributed by atoms with Crippen LogP contribution in [0.3, 0.4) is 0 Å². The van der Waals surface area contributed by atoms with Crippen molar-refractivity contribution in [1.82, 2.24) is 0 Å². The Morgan fingerprint density at radius 1 is 0.862 bits per heavy atom. The minimum Gasteiger partial charge on any atom is -0.456 e. The molecule has 0 heterocycles. The summed E-state index contributed by atoms with van der Waals surface area (Å²) in [6, 6.07) is 11.0. The summed E-state index contributed by atoms with van der Waals surface area (Å²) in [5.74, 6) is -1.79. The molecule has 7 nitrogen and oxygen atoms in total. The molecule has 0 aliphatic rings. The third-order valence-corrected chi connectivity index (χ3v) is 4.42. The van der Waals surface area contributed by atoms with Crippen molar-refractivity contribution < 1.29 is 23.9 Å². The molecule has 0 atom stereocenters. The van der Waals surface area contributed by atoms with E-state index in [9.17, 15) is 19.2 Å². The molecule has 0 saturated carbocycles. The lowest BCUT2D eigenvalue weighted by Gasteiger charge is -2.08. The number of anilines is 2. The number of carbonyl (C=O) groups excluding carboxylic acids is 4. The number of rotatable bonds is 8. The first kappa shape index (κ1) is 22.4. The molecule has 2 aromatic rings. The van der Waals surface area contributed by atoms with Gasteiger partial charge in [0.15, 0.2) is 12.4 Å². The summed E-state index contributed by atoms with van der Waals surface area (Å²) >= 11 is 11.7. The fourth-order valence-electron chi connectivity index (χ4n) is 2.24. The molecule has 9 heteroatoms. The van der Waals surface area contributed by atoms with Crippen LogP contribution in [0, 0.1) is 0 Å². The van der Waals surface area contributed by atoms with Crippen LogP contribution in [0.4, 0.5) is 11.4 Å². The zero-order chi connectivity index (χ0) is 21.4. The second kappa shape index (κ2) is 10.6. The molecule has 2 aromatic carbocycles. The molecule has 0 aromatic heterocycles. The van der Waals surface area contributed by atoms with Gasteiger partial charge in [-0.3, -0.25) is 19.2 Å². The Labute approximate surface area is 177 Å². The van der Waals surface area contributed by atoms with E-state index in [-0.39, 0.29) is 18.6 Å². The number of amides is 2. The molecule has 0 spiro atoms. The van der Waals surface area contributed by atoms with Gasteiger partial charge in [0.2, 0.25) is 5.91 Å². The van der Waals surface area contributed by atoms with Crippen LogP contribution in [0.2, 0.25) is 10.0 Å². The Balaban J connectivity index is 1.72. The Morgan fingerprint density at radius 2 is 1.55 bits per heavy atom. The van der Waals surface area contributed by atoms with E-state index in [2.05, 4.69) is 10.6 Å². The number of nitrogens with one attached hydrogen (secondary N) is 2. The maximum absolute atomic E-state index is 11.9. The van der Waals surface area contributed by atoms with Crippen molar-refractivity contribution in [2.75, 3.05) is 17.2 Å². The number of hydrogen-bond acceptors (Lipinski definition) is 5. The van der Waals surface area contributed by atoms with Gasteiger partial charge in [-0.1, -0.05) is 35.3 Å². The van der Waals surface area contributed by atoms with Crippen LogP contribution < -0.4 is 10.6 Å². The van der Waals surface area contributed by atoms with Crippen LogP contribution in [-0.2, 0) is 19.1 Å². The number of halogens is 2. The summed E-state index contributed by atoms with van der Waals surface area (Å²) in [6.45, 7) is 0.915. The number of hydrogen-bond donors (Lipinski definition) is 2. The second-order valence-electron chi connectivity index (χ2n) is 6.02. The van der Waals surface area contributed by atoms with Gasteiger partial charge in [0.1, 0.15) is 0 Å². The van der Waals surface area contributed by atoms with Gasteiger partial charge in [-0.15, -0.1) is 0 Å². The molecule has 0 radical (unpaired) electrons. The number of esters is 1. The van der Waals surface area contributed by atoms with Gasteiger partial charge >= 0.3 is 5.97 Å². The van der Waals surface area contributed by atoms with Gasteiger partial charge in [0.05, 0.1) is 16.5 Å². The summed E-state index contributed by atoms with van der Waals surface area (Å²) in [5.41, 5.74) is 1.32. The van der Waals surface area contributed by atoms with E-state index in [4.69, 9.17) is 27.9 Å². The first-order chi connectivity index (χ1) is 13.7. The SMILES string of the molecule is CC(=O)c1cccc(NC(=O)COC(=O)CCC(=O)Nc2ccc(Cl)c(Cl)c2)c1. The molecule has 0 unspecified atom stereocenters. The van der Waals surface area contributed by atoms with E-state index in [0.29, 0.717) is 27.0 Å². The quantitative estimate of drug-likeness (QED) is 0.479. The number of Topliss-reactive ketones (excluding diaryl/α,β-unsaturated/α-hetero) is 1. The first-order valence-corrected chi connectivity index (χ1v) is 9.31. The lowest BCUT2D eigenvalue weighted by molar-refractivity contribution is -0.147. The van der Waals surface area contributed by atoms with Crippen molar-refractivity contribution in [3.63, 3.8) is 0 Å². The van der Waals surface area contributed by atoms with E-state index in [1.54, 1.807) is 30.3 Å². The maximum atomic E-state index is 11.9. The molecule has 2 rings (SSSR count). The number of benzene rings is 2. The number of ether oxygens (including phenoxy) is 1. The fraction of sp³-hybridized carbons (Fsp3) is 0.200. The molecule has 29 heavy (non-hydrogen) atoms. The lowest BCUT2D eigenvalue weighted by atomic mass is 10.1. The smallest absolute Gasteiger partial charge is 0.306 e. The molecule has 0 aliphatic heterocycles. The minimum absolute atomic E-state index is 0.124. The molecule has 0 aliphatic carbocycles. The molecular formula is C20H18Cl2N2O5. The topological polar surface area (TPSA) is 102 Å². The maximum Gasteiger partial charge on any atom is 0.306 e. The zero-order valence-corrected chi connectivity index (χ0v) is 17.0. The molecule has 2 N–H and O–H groups in total. The van der Waals surface area contributed by atoms with E-state index in [0.717, 1.165) is 0 Å². The van der Waals surface area contributed by atoms with Crippen LogP contribution in [-0.4, -0.2) is 30.2 Å². The van der Waals surface area contributed by atoms with E-state index < -0.39 is 24.4 Å². The monoisotopic (exact) mass is 436 g/mol. The Kier molecular flexibility index (Phi) is 8.18. The fourth-order valence-corrected chi connectivity index (χ4v) is 2.54. The second-order valence-corrected chi connectivity index (χ2v) is 6.84. The van der Waals surface area contributed by atoms with Crippen LogP contribution in [0.1, 0.15) is 30.1 Å². The van der Waals surface area contributed by atoms with Gasteiger partial charge in [0.25, 0.3) is 5.91 Å². The minimum atomic E-state index is -0.693. The molecule has 0 bridgehead atoms. The predicted molar refractivity (Wildman–Crippen MR) is 110 cm³/mol. The largest absolute Gasteiger partial charge is 0.456 e. The van der Waals surface area contributed by atoms with Gasteiger partial charge < -0.3 is 15.4 Å². The number of carbonyl (C=O) groups is 4. The normalized spacial score (nSPS) is 10.2. The molecule has 0 saturated heterocycles. The van der Waals surface area contributed by atoms with E-state index >= 15 is 0 Å². The van der Waals surface area contributed by atoms with Crippen molar-refractivity contribution in [1.29, 1.82) is 0 Å². The van der Waals surface area contributed by atoms with Crippen molar-refractivity contribution in [2.45, 2.75) is 19.8 Å². The summed E-state index contributed by atoms with van der Waals surface area (Å²) in [7, 11) is 0. The standard InChI is InChI=1S/C20H18Cl2N2O5/c1-12(25)13-3-2-4-14(9-13)24-19(27)11-29-20(28)8-7-18(26)23-15-5-6-16(21)17(22)10-15/h2-6,9-10H,7-8,11H2,1H3,(H,23,26)(H,24,27). The molecule has 2 amide bonds. The molecular weight excluding hydrogens is 419 g/mol. The van der Waals surface area contributed by atoms with Crippen LogP contribution >= 0.6 is 23.2 Å². The van der Waals surface area contributed by atoms with Crippen LogP contribution in [0.15, 0.2) is 42.5 Å². The summed E-state index contributed by atoms with van der Waals surface area (Å²) in [4.78, 5) is 46.8. The Hall–Kier alpha value is -2.90. The van der Waals surface area contributed by atoms with Crippen LogP contribution in [0.25, 0.3) is 0 Å². The number of ketones is 1. The van der Waals surface area contributed by atoms with Gasteiger partial charge in [-0.2, -0.15) is 0 Å². The third kappa shape index (κ3) is 7.56. The van der Waals surface area contributed by atoms with Gasteiger partial charge in [0, 0.05) is 23.4 Å². The lowest BCUT2D eigenvalue weighted by Crippen LogP contribution is -2.22. The molecule has 0 fully saturated rings. The van der Waals surface area contributed by atoms with E-state index in [1.807, 2.05) is 0 Å². The highest BCUT2D eigenvalue weighted by Gasteiger charge is 2.12. The van der Waals surface area contributed by atoms with Crippen molar-refractivity contribution in [2.24, 2.45) is 0 Å². The summed E-state index contributed by atoms with van der Waals surface area (Å²) < 4.78 is 4.85. The highest BCUT2D eigenvalue weighted by Crippen LogP contribution is 2.25. The van der Waals surface area contributed by atoms with Crippen molar-refractivity contribution in [3.8, 4) is 0 Å². The van der Waals surface area contributed by atoms with Gasteiger partial charge in [-0.25, -0.2) is 0 Å². The first-order valence-electron chi connectivity index (χ1n) is 8.56. The Morgan fingerprint density at radius 3 is 2.24 bits per heavy atom. The highest BCUT2D eigenvalue weighted by atomic mass is 35.5. The van der Waals surface area contributed by atoms with E-state index in [1.165, 1.54) is 19.1 Å². The van der Waals surface area contributed by atoms with Crippen LogP contribution in [0.5, 0.6) is 0 Å².